The highest BCUT2D eigenvalue weighted by atomic mass is 16.5. The van der Waals surface area contributed by atoms with Gasteiger partial charge >= 0.3 is 0 Å². The van der Waals surface area contributed by atoms with E-state index in [4.69, 9.17) is 4.74 Å². The van der Waals surface area contributed by atoms with E-state index in [1.807, 2.05) is 19.1 Å². The Kier molecular flexibility index (Phi) is 3.83. The van der Waals surface area contributed by atoms with Crippen LogP contribution in [-0.4, -0.2) is 13.2 Å². The van der Waals surface area contributed by atoms with Crippen LogP contribution in [0.1, 0.15) is 25.8 Å². The molecule has 1 saturated carbocycles. The lowest BCUT2D eigenvalue weighted by Crippen LogP contribution is -2.17. The van der Waals surface area contributed by atoms with Crippen molar-refractivity contribution in [2.75, 3.05) is 13.2 Å². The smallest absolute Gasteiger partial charge is 0.123 e. The molecule has 2 atom stereocenters. The van der Waals surface area contributed by atoms with Gasteiger partial charge in [-0.2, -0.15) is 0 Å². The maximum Gasteiger partial charge on any atom is 0.123 e. The SMILES string of the molecule is CCOc1ccccc1CNCC1CC1C. The van der Waals surface area contributed by atoms with Crippen molar-refractivity contribution in [1.29, 1.82) is 0 Å². The summed E-state index contributed by atoms with van der Waals surface area (Å²) in [6.07, 6.45) is 1.39. The third-order valence-corrected chi connectivity index (χ3v) is 3.27. The van der Waals surface area contributed by atoms with Crippen molar-refractivity contribution < 1.29 is 4.74 Å². The van der Waals surface area contributed by atoms with E-state index in [0.717, 1.165) is 37.3 Å². The first-order chi connectivity index (χ1) is 7.81. The van der Waals surface area contributed by atoms with Gasteiger partial charge in [-0.25, -0.2) is 0 Å². The molecule has 16 heavy (non-hydrogen) atoms. The molecule has 1 aliphatic carbocycles. The maximum absolute atomic E-state index is 5.59. The number of hydrogen-bond donors (Lipinski definition) is 1. The van der Waals surface area contributed by atoms with Gasteiger partial charge in [0, 0.05) is 12.1 Å². The molecule has 2 nitrogen and oxygen atoms in total. The summed E-state index contributed by atoms with van der Waals surface area (Å²) < 4.78 is 5.59. The van der Waals surface area contributed by atoms with Gasteiger partial charge in [-0.15, -0.1) is 0 Å². The molecular weight excluding hydrogens is 198 g/mol. The molecule has 2 rings (SSSR count). The Balaban J connectivity index is 1.82. The monoisotopic (exact) mass is 219 g/mol. The largest absolute Gasteiger partial charge is 0.494 e. The van der Waals surface area contributed by atoms with Crippen LogP contribution in [0.15, 0.2) is 24.3 Å². The summed E-state index contributed by atoms with van der Waals surface area (Å²) in [6.45, 7) is 7.13. The fraction of sp³-hybridized carbons (Fsp3) is 0.571. The molecule has 1 fully saturated rings. The predicted molar refractivity (Wildman–Crippen MR) is 66.6 cm³/mol. The van der Waals surface area contributed by atoms with Crippen molar-refractivity contribution in [3.8, 4) is 5.75 Å². The molecule has 1 N–H and O–H groups in total. The summed E-state index contributed by atoms with van der Waals surface area (Å²) in [4.78, 5) is 0. The average Bonchev–Trinajstić information content (AvgIpc) is 2.98. The quantitative estimate of drug-likeness (QED) is 0.794. The zero-order valence-corrected chi connectivity index (χ0v) is 10.2. The third-order valence-electron chi connectivity index (χ3n) is 3.27. The van der Waals surface area contributed by atoms with E-state index in [0.29, 0.717) is 0 Å². The molecule has 0 radical (unpaired) electrons. The zero-order chi connectivity index (χ0) is 11.4. The minimum Gasteiger partial charge on any atom is -0.494 e. The second-order valence-corrected chi connectivity index (χ2v) is 4.64. The molecule has 0 aromatic heterocycles. The molecule has 0 bridgehead atoms. The molecule has 0 heterocycles. The third kappa shape index (κ3) is 2.99. The van der Waals surface area contributed by atoms with Gasteiger partial charge in [0.1, 0.15) is 5.75 Å². The molecule has 2 unspecified atom stereocenters. The van der Waals surface area contributed by atoms with Gasteiger partial charge in [-0.05, 0) is 37.8 Å². The molecule has 0 amide bonds. The van der Waals surface area contributed by atoms with Crippen LogP contribution in [0.2, 0.25) is 0 Å². The minimum absolute atomic E-state index is 0.733. The standard InChI is InChI=1S/C14H21NO/c1-3-16-14-7-5-4-6-12(14)9-15-10-13-8-11(13)2/h4-7,11,13,15H,3,8-10H2,1-2H3. The summed E-state index contributed by atoms with van der Waals surface area (Å²) in [7, 11) is 0. The van der Waals surface area contributed by atoms with Crippen LogP contribution in [0.3, 0.4) is 0 Å². The van der Waals surface area contributed by atoms with Gasteiger partial charge in [0.2, 0.25) is 0 Å². The fourth-order valence-electron chi connectivity index (χ4n) is 2.02. The van der Waals surface area contributed by atoms with Crippen LogP contribution in [0.5, 0.6) is 5.75 Å². The molecule has 1 aromatic carbocycles. The molecule has 88 valence electrons. The van der Waals surface area contributed by atoms with Crippen molar-refractivity contribution in [3.05, 3.63) is 29.8 Å². The van der Waals surface area contributed by atoms with E-state index in [1.165, 1.54) is 12.0 Å². The van der Waals surface area contributed by atoms with Crippen molar-refractivity contribution in [2.24, 2.45) is 11.8 Å². The lowest BCUT2D eigenvalue weighted by Gasteiger charge is -2.10. The molecule has 1 aromatic rings. The number of rotatable bonds is 6. The van der Waals surface area contributed by atoms with Crippen LogP contribution in [-0.2, 0) is 6.54 Å². The van der Waals surface area contributed by atoms with Crippen LogP contribution in [0.25, 0.3) is 0 Å². The average molecular weight is 219 g/mol. The van der Waals surface area contributed by atoms with E-state index >= 15 is 0 Å². The summed E-state index contributed by atoms with van der Waals surface area (Å²) >= 11 is 0. The summed E-state index contributed by atoms with van der Waals surface area (Å²) in [6, 6.07) is 8.27. The topological polar surface area (TPSA) is 21.3 Å². The number of ether oxygens (including phenoxy) is 1. The van der Waals surface area contributed by atoms with Crippen LogP contribution >= 0.6 is 0 Å². The fourth-order valence-corrected chi connectivity index (χ4v) is 2.02. The Morgan fingerprint density at radius 3 is 2.81 bits per heavy atom. The Hall–Kier alpha value is -1.02. The Morgan fingerprint density at radius 1 is 1.38 bits per heavy atom. The van der Waals surface area contributed by atoms with Crippen LogP contribution in [0, 0.1) is 11.8 Å². The van der Waals surface area contributed by atoms with E-state index in [2.05, 4.69) is 24.4 Å². The first-order valence-corrected chi connectivity index (χ1v) is 6.22. The lowest BCUT2D eigenvalue weighted by atomic mass is 10.2. The lowest BCUT2D eigenvalue weighted by molar-refractivity contribution is 0.335. The Bertz CT molecular complexity index is 337. The molecule has 1 aliphatic rings. The van der Waals surface area contributed by atoms with Gasteiger partial charge in [-0.3, -0.25) is 0 Å². The van der Waals surface area contributed by atoms with Gasteiger partial charge in [0.05, 0.1) is 6.61 Å². The first kappa shape index (κ1) is 11.5. The van der Waals surface area contributed by atoms with E-state index < -0.39 is 0 Å². The Morgan fingerprint density at radius 2 is 2.12 bits per heavy atom. The van der Waals surface area contributed by atoms with Crippen LogP contribution < -0.4 is 10.1 Å². The molecule has 2 heteroatoms. The molecule has 0 spiro atoms. The summed E-state index contributed by atoms with van der Waals surface area (Å²) in [5, 5.41) is 3.51. The zero-order valence-electron chi connectivity index (χ0n) is 10.2. The van der Waals surface area contributed by atoms with Crippen molar-refractivity contribution >= 4 is 0 Å². The second kappa shape index (κ2) is 5.35. The minimum atomic E-state index is 0.733. The predicted octanol–water partition coefficient (Wildman–Crippen LogP) is 2.83. The first-order valence-electron chi connectivity index (χ1n) is 6.22. The van der Waals surface area contributed by atoms with Gasteiger partial charge in [-0.1, -0.05) is 25.1 Å². The van der Waals surface area contributed by atoms with E-state index in [1.54, 1.807) is 0 Å². The van der Waals surface area contributed by atoms with E-state index in [-0.39, 0.29) is 0 Å². The molecular formula is C14H21NO. The number of hydrogen-bond acceptors (Lipinski definition) is 2. The normalized spacial score (nSPS) is 23.1. The highest BCUT2D eigenvalue weighted by Crippen LogP contribution is 2.36. The summed E-state index contributed by atoms with van der Waals surface area (Å²) in [5.74, 6) is 2.84. The van der Waals surface area contributed by atoms with Crippen LogP contribution in [0.4, 0.5) is 0 Å². The van der Waals surface area contributed by atoms with Gasteiger partial charge < -0.3 is 10.1 Å². The second-order valence-electron chi connectivity index (χ2n) is 4.64. The molecule has 0 aliphatic heterocycles. The van der Waals surface area contributed by atoms with Crippen molar-refractivity contribution in [3.63, 3.8) is 0 Å². The van der Waals surface area contributed by atoms with Crippen molar-refractivity contribution in [1.82, 2.24) is 5.32 Å². The highest BCUT2D eigenvalue weighted by Gasteiger charge is 2.31. The highest BCUT2D eigenvalue weighted by molar-refractivity contribution is 5.33. The Labute approximate surface area is 98.0 Å². The summed E-state index contributed by atoms with van der Waals surface area (Å²) in [5.41, 5.74) is 1.26. The maximum atomic E-state index is 5.59. The number of para-hydroxylation sites is 1. The van der Waals surface area contributed by atoms with Gasteiger partial charge in [0.15, 0.2) is 0 Å². The number of nitrogens with one attached hydrogen (secondary N) is 1. The van der Waals surface area contributed by atoms with Gasteiger partial charge in [0.25, 0.3) is 0 Å². The van der Waals surface area contributed by atoms with E-state index in [9.17, 15) is 0 Å². The molecule has 0 saturated heterocycles. The van der Waals surface area contributed by atoms with Crippen molar-refractivity contribution in [2.45, 2.75) is 26.8 Å². The number of benzene rings is 1.